The number of aryl methyl sites for hydroxylation is 2. The highest BCUT2D eigenvalue weighted by molar-refractivity contribution is 5.94. The lowest BCUT2D eigenvalue weighted by Crippen LogP contribution is -2.37. The number of likely N-dealkylation sites (tertiary alicyclic amines) is 1. The van der Waals surface area contributed by atoms with Crippen molar-refractivity contribution < 1.29 is 19.1 Å². The first-order chi connectivity index (χ1) is 13.9. The summed E-state index contributed by atoms with van der Waals surface area (Å²) in [6, 6.07) is 12.8. The highest BCUT2D eigenvalue weighted by Gasteiger charge is 2.38. The third-order valence-corrected chi connectivity index (χ3v) is 5.42. The average molecular weight is 396 g/mol. The molecular formula is C23H28N2O4. The maximum absolute atomic E-state index is 12.7. The lowest BCUT2D eigenvalue weighted by Gasteiger charge is -2.23. The average Bonchev–Trinajstić information content (AvgIpc) is 3.11. The standard InChI is InChI=1S/C23H28N2O4/c1-15-8-9-18(16(2)10-15)13-25-14-19(12-21(25)23(27)29-4)24-22(26)17-6-5-7-20(11-17)28-3/h5-11,19,21H,12-14H2,1-4H3,(H,24,26)/t19-,21+/m1/s1. The number of esters is 1. The van der Waals surface area contributed by atoms with Crippen LogP contribution in [0, 0.1) is 13.8 Å². The van der Waals surface area contributed by atoms with E-state index < -0.39 is 0 Å². The van der Waals surface area contributed by atoms with Crippen molar-refractivity contribution in [2.45, 2.75) is 38.9 Å². The Bertz CT molecular complexity index is 896. The van der Waals surface area contributed by atoms with Gasteiger partial charge in [0.05, 0.1) is 14.2 Å². The fourth-order valence-electron chi connectivity index (χ4n) is 3.84. The Morgan fingerprint density at radius 1 is 1.14 bits per heavy atom. The van der Waals surface area contributed by atoms with Crippen LogP contribution < -0.4 is 10.1 Å². The number of amides is 1. The number of nitrogens with zero attached hydrogens (tertiary/aromatic N) is 1. The van der Waals surface area contributed by atoms with E-state index in [0.29, 0.717) is 30.8 Å². The molecule has 0 bridgehead atoms. The molecule has 1 heterocycles. The highest BCUT2D eigenvalue weighted by Crippen LogP contribution is 2.24. The SMILES string of the molecule is COC(=O)[C@@H]1C[C@@H](NC(=O)c2cccc(OC)c2)CN1Cc1ccc(C)cc1C. The first-order valence-electron chi connectivity index (χ1n) is 9.74. The van der Waals surface area contributed by atoms with Crippen molar-refractivity contribution in [3.63, 3.8) is 0 Å². The summed E-state index contributed by atoms with van der Waals surface area (Å²) in [7, 11) is 2.97. The molecule has 0 spiro atoms. The van der Waals surface area contributed by atoms with Crippen molar-refractivity contribution in [2.24, 2.45) is 0 Å². The van der Waals surface area contributed by atoms with E-state index >= 15 is 0 Å². The molecule has 0 saturated carbocycles. The molecule has 1 saturated heterocycles. The molecule has 2 aromatic carbocycles. The lowest BCUT2D eigenvalue weighted by molar-refractivity contribution is -0.146. The fourth-order valence-corrected chi connectivity index (χ4v) is 3.84. The highest BCUT2D eigenvalue weighted by atomic mass is 16.5. The van der Waals surface area contributed by atoms with E-state index in [-0.39, 0.29) is 24.0 Å². The topological polar surface area (TPSA) is 67.9 Å². The fraction of sp³-hybridized carbons (Fsp3) is 0.391. The molecule has 0 unspecified atom stereocenters. The zero-order valence-corrected chi connectivity index (χ0v) is 17.4. The summed E-state index contributed by atoms with van der Waals surface area (Å²) >= 11 is 0. The number of nitrogens with one attached hydrogen (secondary N) is 1. The Labute approximate surface area is 171 Å². The van der Waals surface area contributed by atoms with Gasteiger partial charge < -0.3 is 14.8 Å². The molecule has 2 aromatic rings. The van der Waals surface area contributed by atoms with E-state index in [0.717, 1.165) is 0 Å². The summed E-state index contributed by atoms with van der Waals surface area (Å²) in [5, 5.41) is 3.05. The third-order valence-electron chi connectivity index (χ3n) is 5.42. The number of methoxy groups -OCH3 is 2. The minimum absolute atomic E-state index is 0.136. The van der Waals surface area contributed by atoms with Crippen LogP contribution in [0.25, 0.3) is 0 Å². The van der Waals surface area contributed by atoms with Gasteiger partial charge in [-0.1, -0.05) is 29.8 Å². The first kappa shape index (κ1) is 20.9. The smallest absolute Gasteiger partial charge is 0.323 e. The summed E-state index contributed by atoms with van der Waals surface area (Å²) in [5.41, 5.74) is 4.11. The van der Waals surface area contributed by atoms with Crippen molar-refractivity contribution in [1.29, 1.82) is 0 Å². The van der Waals surface area contributed by atoms with Crippen LogP contribution in [-0.2, 0) is 16.1 Å². The van der Waals surface area contributed by atoms with Crippen molar-refractivity contribution in [3.05, 3.63) is 64.7 Å². The molecule has 1 aliphatic rings. The molecule has 6 heteroatoms. The summed E-state index contributed by atoms with van der Waals surface area (Å²) < 4.78 is 10.2. The predicted octanol–water partition coefficient (Wildman–Crippen LogP) is 2.86. The van der Waals surface area contributed by atoms with Crippen molar-refractivity contribution in [2.75, 3.05) is 20.8 Å². The van der Waals surface area contributed by atoms with Crippen LogP contribution in [0.5, 0.6) is 5.75 Å². The van der Waals surface area contributed by atoms with Crippen molar-refractivity contribution in [1.82, 2.24) is 10.2 Å². The zero-order chi connectivity index (χ0) is 21.0. The molecule has 1 fully saturated rings. The van der Waals surface area contributed by atoms with E-state index in [1.165, 1.54) is 23.8 Å². The minimum Gasteiger partial charge on any atom is -0.497 e. The molecule has 0 radical (unpaired) electrons. The summed E-state index contributed by atoms with van der Waals surface area (Å²) in [4.78, 5) is 27.1. The Morgan fingerprint density at radius 3 is 2.62 bits per heavy atom. The second kappa shape index (κ2) is 9.09. The third kappa shape index (κ3) is 4.95. The van der Waals surface area contributed by atoms with E-state index in [1.54, 1.807) is 31.4 Å². The molecule has 29 heavy (non-hydrogen) atoms. The maximum Gasteiger partial charge on any atom is 0.323 e. The van der Waals surface area contributed by atoms with Crippen LogP contribution in [0.1, 0.15) is 33.5 Å². The molecule has 1 amide bonds. The Balaban J connectivity index is 1.72. The van der Waals surface area contributed by atoms with Gasteiger partial charge in [-0.05, 0) is 49.6 Å². The number of carbonyl (C=O) groups is 2. The molecule has 0 aromatic heterocycles. The van der Waals surface area contributed by atoms with Crippen LogP contribution in [-0.4, -0.2) is 49.6 Å². The van der Waals surface area contributed by atoms with Gasteiger partial charge in [0, 0.05) is 24.7 Å². The van der Waals surface area contributed by atoms with Crippen LogP contribution in [0.4, 0.5) is 0 Å². The lowest BCUT2D eigenvalue weighted by atomic mass is 10.0. The molecular weight excluding hydrogens is 368 g/mol. The molecule has 2 atom stereocenters. The Hall–Kier alpha value is -2.86. The number of rotatable bonds is 6. The molecule has 1 aliphatic heterocycles. The summed E-state index contributed by atoms with van der Waals surface area (Å²) in [6.45, 7) is 5.36. The van der Waals surface area contributed by atoms with Crippen molar-refractivity contribution >= 4 is 11.9 Å². The van der Waals surface area contributed by atoms with E-state index in [9.17, 15) is 9.59 Å². The van der Waals surface area contributed by atoms with E-state index in [2.05, 4.69) is 42.3 Å². The molecule has 6 nitrogen and oxygen atoms in total. The number of hydrogen-bond donors (Lipinski definition) is 1. The predicted molar refractivity (Wildman–Crippen MR) is 111 cm³/mol. The second-order valence-electron chi connectivity index (χ2n) is 7.54. The first-order valence-corrected chi connectivity index (χ1v) is 9.74. The monoisotopic (exact) mass is 396 g/mol. The van der Waals surface area contributed by atoms with Gasteiger partial charge in [-0.25, -0.2) is 0 Å². The molecule has 1 N–H and O–H groups in total. The van der Waals surface area contributed by atoms with Gasteiger partial charge in [-0.15, -0.1) is 0 Å². The quantitative estimate of drug-likeness (QED) is 0.761. The number of hydrogen-bond acceptors (Lipinski definition) is 5. The van der Waals surface area contributed by atoms with Crippen LogP contribution in [0.3, 0.4) is 0 Å². The van der Waals surface area contributed by atoms with Gasteiger partial charge in [-0.2, -0.15) is 0 Å². The summed E-state index contributed by atoms with van der Waals surface area (Å²) in [6.07, 6.45) is 0.521. The van der Waals surface area contributed by atoms with Gasteiger partial charge in [-0.3, -0.25) is 14.5 Å². The van der Waals surface area contributed by atoms with Crippen LogP contribution in [0.15, 0.2) is 42.5 Å². The van der Waals surface area contributed by atoms with E-state index in [4.69, 9.17) is 9.47 Å². The number of carbonyl (C=O) groups excluding carboxylic acids is 2. The second-order valence-corrected chi connectivity index (χ2v) is 7.54. The molecule has 154 valence electrons. The van der Waals surface area contributed by atoms with Gasteiger partial charge in [0.2, 0.25) is 0 Å². The van der Waals surface area contributed by atoms with Gasteiger partial charge >= 0.3 is 5.97 Å². The van der Waals surface area contributed by atoms with Crippen molar-refractivity contribution in [3.8, 4) is 5.75 Å². The van der Waals surface area contributed by atoms with Gasteiger partial charge in [0.1, 0.15) is 11.8 Å². The molecule has 0 aliphatic carbocycles. The van der Waals surface area contributed by atoms with Crippen LogP contribution >= 0.6 is 0 Å². The van der Waals surface area contributed by atoms with Gasteiger partial charge in [0.15, 0.2) is 0 Å². The molecule has 3 rings (SSSR count). The van der Waals surface area contributed by atoms with Gasteiger partial charge in [0.25, 0.3) is 5.91 Å². The largest absolute Gasteiger partial charge is 0.497 e. The zero-order valence-electron chi connectivity index (χ0n) is 17.4. The summed E-state index contributed by atoms with van der Waals surface area (Å²) in [5.74, 6) is 0.187. The number of benzene rings is 2. The minimum atomic E-state index is -0.378. The van der Waals surface area contributed by atoms with Crippen LogP contribution in [0.2, 0.25) is 0 Å². The normalized spacial score (nSPS) is 19.0. The Kier molecular flexibility index (Phi) is 6.54. The maximum atomic E-state index is 12.7. The number of ether oxygens (including phenoxy) is 2. The van der Waals surface area contributed by atoms with E-state index in [1.807, 2.05) is 0 Å². The Morgan fingerprint density at radius 2 is 1.93 bits per heavy atom.